The topological polar surface area (TPSA) is 104 Å². The molecule has 3 aromatic rings. The molecule has 0 atom stereocenters. The number of nitrogens with one attached hydrogen (secondary N) is 1. The molecule has 1 fully saturated rings. The molecule has 35 heavy (non-hydrogen) atoms. The van der Waals surface area contributed by atoms with Gasteiger partial charge in [0.25, 0.3) is 5.69 Å². The van der Waals surface area contributed by atoms with Gasteiger partial charge in [0.2, 0.25) is 5.95 Å². The zero-order valence-corrected chi connectivity index (χ0v) is 20.0. The molecule has 0 saturated carbocycles. The van der Waals surface area contributed by atoms with E-state index in [9.17, 15) is 14.9 Å². The van der Waals surface area contributed by atoms with Gasteiger partial charge in [-0.3, -0.25) is 14.9 Å². The maximum Gasteiger partial charge on any atom is 0.269 e. The molecule has 0 spiro atoms. The van der Waals surface area contributed by atoms with Crippen LogP contribution in [-0.2, 0) is 11.2 Å². The standard InChI is InChI=1S/C25H24N6O3S/c1-29-10-12-30(13-11-29)20-8-4-19(5-9-20)27-25-26-16-18-15-22(32)23(35-24(18)28-25)14-17-2-6-21(7-3-17)31(33)34/h2-9,14,16H,10-13,15H2,1H3,(H,26,27,28)/b23-14+. The number of hydrogen-bond acceptors (Lipinski definition) is 9. The summed E-state index contributed by atoms with van der Waals surface area (Å²) in [6.45, 7) is 4.15. The number of ketones is 1. The van der Waals surface area contributed by atoms with Crippen molar-refractivity contribution in [2.24, 2.45) is 0 Å². The number of benzene rings is 2. The van der Waals surface area contributed by atoms with Crippen LogP contribution in [0.2, 0.25) is 0 Å². The number of allylic oxidation sites excluding steroid dienone is 1. The van der Waals surface area contributed by atoms with Crippen LogP contribution in [0.15, 0.2) is 64.7 Å². The molecule has 178 valence electrons. The third kappa shape index (κ3) is 5.33. The fraction of sp³-hybridized carbons (Fsp3) is 0.240. The van der Waals surface area contributed by atoms with E-state index in [-0.39, 0.29) is 17.9 Å². The SMILES string of the molecule is CN1CCN(c2ccc(Nc3ncc4c(n3)S/C(=C/c3ccc([N+](=O)[O-])cc3)C(=O)C4)cc2)CC1. The minimum atomic E-state index is -0.445. The highest BCUT2D eigenvalue weighted by molar-refractivity contribution is 8.04. The highest BCUT2D eigenvalue weighted by Gasteiger charge is 2.24. The molecule has 9 nitrogen and oxygen atoms in total. The molecule has 5 rings (SSSR count). The van der Waals surface area contributed by atoms with Gasteiger partial charge in [0.1, 0.15) is 5.03 Å². The van der Waals surface area contributed by atoms with Crippen LogP contribution in [0.25, 0.3) is 6.08 Å². The van der Waals surface area contributed by atoms with Crippen LogP contribution >= 0.6 is 11.8 Å². The van der Waals surface area contributed by atoms with Gasteiger partial charge in [-0.05, 0) is 55.1 Å². The van der Waals surface area contributed by atoms with Crippen LogP contribution in [-0.4, -0.2) is 58.8 Å². The molecular formula is C25H24N6O3S. The van der Waals surface area contributed by atoms with Crippen LogP contribution in [0.4, 0.5) is 23.0 Å². The van der Waals surface area contributed by atoms with E-state index in [1.165, 1.54) is 29.6 Å². The first-order valence-corrected chi connectivity index (χ1v) is 12.1. The van der Waals surface area contributed by atoms with Gasteiger partial charge in [0.15, 0.2) is 5.78 Å². The lowest BCUT2D eigenvalue weighted by Gasteiger charge is -2.34. The first-order chi connectivity index (χ1) is 16.9. The summed E-state index contributed by atoms with van der Waals surface area (Å²) in [6, 6.07) is 14.4. The van der Waals surface area contributed by atoms with E-state index in [2.05, 4.69) is 44.3 Å². The number of Topliss-reactive ketones (excluding diaryl/α,β-unsaturated/α-hetero) is 1. The number of likely N-dealkylation sites (N-methyl/N-ethyl adjacent to an activating group) is 1. The Hall–Kier alpha value is -3.76. The number of carbonyl (C=O) groups excluding carboxylic acids is 1. The lowest BCUT2D eigenvalue weighted by molar-refractivity contribution is -0.384. The van der Waals surface area contributed by atoms with Crippen molar-refractivity contribution in [3.63, 3.8) is 0 Å². The molecule has 1 N–H and O–H groups in total. The Kier molecular flexibility index (Phi) is 6.47. The summed E-state index contributed by atoms with van der Waals surface area (Å²) in [5.74, 6) is 0.442. The van der Waals surface area contributed by atoms with E-state index >= 15 is 0 Å². The number of aromatic nitrogens is 2. The molecule has 0 radical (unpaired) electrons. The van der Waals surface area contributed by atoms with E-state index < -0.39 is 4.92 Å². The summed E-state index contributed by atoms with van der Waals surface area (Å²) in [6.07, 6.45) is 3.66. The number of nitro benzene ring substituents is 1. The van der Waals surface area contributed by atoms with E-state index in [4.69, 9.17) is 0 Å². The average molecular weight is 489 g/mol. The highest BCUT2D eigenvalue weighted by atomic mass is 32.2. The number of nitro groups is 1. The quantitative estimate of drug-likeness (QED) is 0.246. The predicted octanol–water partition coefficient (Wildman–Crippen LogP) is 4.14. The van der Waals surface area contributed by atoms with Crippen LogP contribution in [0, 0.1) is 10.1 Å². The molecule has 2 aliphatic rings. The molecule has 1 aromatic heterocycles. The second-order valence-electron chi connectivity index (χ2n) is 8.55. The van der Waals surface area contributed by atoms with Crippen molar-refractivity contribution in [2.75, 3.05) is 43.4 Å². The second kappa shape index (κ2) is 9.85. The monoisotopic (exact) mass is 488 g/mol. The minimum absolute atomic E-state index is 0.0140. The van der Waals surface area contributed by atoms with Crippen molar-refractivity contribution in [1.82, 2.24) is 14.9 Å². The molecule has 0 amide bonds. The Morgan fingerprint density at radius 2 is 1.77 bits per heavy atom. The fourth-order valence-corrected chi connectivity index (χ4v) is 4.96. The molecular weight excluding hydrogens is 464 g/mol. The van der Waals surface area contributed by atoms with Crippen molar-refractivity contribution in [3.8, 4) is 0 Å². The molecule has 10 heteroatoms. The van der Waals surface area contributed by atoms with Crippen molar-refractivity contribution >= 4 is 46.6 Å². The number of fused-ring (bicyclic) bond motifs is 1. The van der Waals surface area contributed by atoms with Crippen LogP contribution < -0.4 is 10.2 Å². The van der Waals surface area contributed by atoms with Crippen molar-refractivity contribution in [2.45, 2.75) is 11.4 Å². The summed E-state index contributed by atoms with van der Waals surface area (Å²) in [7, 11) is 2.14. The maximum atomic E-state index is 12.6. The summed E-state index contributed by atoms with van der Waals surface area (Å²) in [5, 5.41) is 14.8. The van der Waals surface area contributed by atoms with Gasteiger partial charge in [0, 0.05) is 67.9 Å². The maximum absolute atomic E-state index is 12.6. The van der Waals surface area contributed by atoms with Gasteiger partial charge in [0.05, 0.1) is 9.83 Å². The molecule has 0 bridgehead atoms. The van der Waals surface area contributed by atoms with Gasteiger partial charge in [-0.25, -0.2) is 9.97 Å². The molecule has 0 unspecified atom stereocenters. The summed E-state index contributed by atoms with van der Waals surface area (Å²) < 4.78 is 0. The Balaban J connectivity index is 1.29. The van der Waals surface area contributed by atoms with Gasteiger partial charge >= 0.3 is 0 Å². The third-order valence-corrected chi connectivity index (χ3v) is 7.16. The van der Waals surface area contributed by atoms with E-state index in [1.807, 2.05) is 12.1 Å². The fourth-order valence-electron chi connectivity index (χ4n) is 3.99. The summed E-state index contributed by atoms with van der Waals surface area (Å²) in [5.41, 5.74) is 3.62. The van der Waals surface area contributed by atoms with Gasteiger partial charge < -0.3 is 15.1 Å². The smallest absolute Gasteiger partial charge is 0.269 e. The highest BCUT2D eigenvalue weighted by Crippen LogP contribution is 2.36. The van der Waals surface area contributed by atoms with Crippen molar-refractivity contribution in [1.29, 1.82) is 0 Å². The lowest BCUT2D eigenvalue weighted by Crippen LogP contribution is -2.44. The Labute approximate surface area is 207 Å². The summed E-state index contributed by atoms with van der Waals surface area (Å²) in [4.78, 5) is 37.3. The number of non-ortho nitro benzene ring substituents is 1. The Bertz CT molecular complexity index is 1290. The Morgan fingerprint density at radius 1 is 1.06 bits per heavy atom. The molecule has 0 aliphatic carbocycles. The summed E-state index contributed by atoms with van der Waals surface area (Å²) >= 11 is 1.29. The van der Waals surface area contributed by atoms with Crippen LogP contribution in [0.1, 0.15) is 11.1 Å². The largest absolute Gasteiger partial charge is 0.369 e. The number of hydrogen-bond donors (Lipinski definition) is 1. The van der Waals surface area contributed by atoms with Gasteiger partial charge in [-0.15, -0.1) is 0 Å². The number of carbonyl (C=O) groups is 1. The first kappa shape index (κ1) is 23.0. The predicted molar refractivity (Wildman–Crippen MR) is 137 cm³/mol. The van der Waals surface area contributed by atoms with E-state index in [0.717, 1.165) is 48.0 Å². The van der Waals surface area contributed by atoms with Crippen molar-refractivity contribution in [3.05, 3.63) is 80.9 Å². The zero-order chi connectivity index (χ0) is 24.4. The van der Waals surface area contributed by atoms with Crippen LogP contribution in [0.5, 0.6) is 0 Å². The van der Waals surface area contributed by atoms with Crippen molar-refractivity contribution < 1.29 is 9.72 Å². The van der Waals surface area contributed by atoms with Gasteiger partial charge in [-0.1, -0.05) is 11.8 Å². The van der Waals surface area contributed by atoms with Gasteiger partial charge in [-0.2, -0.15) is 0 Å². The van der Waals surface area contributed by atoms with E-state index in [1.54, 1.807) is 24.4 Å². The molecule has 3 heterocycles. The number of anilines is 3. The van der Waals surface area contributed by atoms with Crippen LogP contribution in [0.3, 0.4) is 0 Å². The number of thioether (sulfide) groups is 1. The molecule has 2 aliphatic heterocycles. The molecule has 2 aromatic carbocycles. The minimum Gasteiger partial charge on any atom is -0.369 e. The Morgan fingerprint density at radius 3 is 2.46 bits per heavy atom. The lowest BCUT2D eigenvalue weighted by atomic mass is 10.1. The van der Waals surface area contributed by atoms with E-state index in [0.29, 0.717) is 10.9 Å². The first-order valence-electron chi connectivity index (χ1n) is 11.3. The zero-order valence-electron chi connectivity index (χ0n) is 19.2. The normalized spacial score (nSPS) is 17.3. The molecule has 1 saturated heterocycles. The third-order valence-electron chi connectivity index (χ3n) is 6.05. The second-order valence-corrected chi connectivity index (χ2v) is 9.58. The number of rotatable bonds is 5. The number of piperazine rings is 1. The average Bonchev–Trinajstić information content (AvgIpc) is 2.86. The number of nitrogens with zero attached hydrogens (tertiary/aromatic N) is 5.